The fourth-order valence-electron chi connectivity index (χ4n) is 0.661. The summed E-state index contributed by atoms with van der Waals surface area (Å²) in [6.07, 6.45) is 0.902. The molecule has 2 atom stereocenters. The second-order valence-electron chi connectivity index (χ2n) is 2.38. The Morgan fingerprint density at radius 2 is 2.33 bits per heavy atom. The van der Waals surface area contributed by atoms with E-state index in [1.165, 1.54) is 7.05 Å². The van der Waals surface area contributed by atoms with Gasteiger partial charge in [-0.1, -0.05) is 6.58 Å². The number of phosphoric acid groups is 1. The van der Waals surface area contributed by atoms with E-state index in [2.05, 4.69) is 20.9 Å². The van der Waals surface area contributed by atoms with E-state index >= 15 is 0 Å². The van der Waals surface area contributed by atoms with Crippen molar-refractivity contribution in [2.45, 2.75) is 6.04 Å². The third-order valence-electron chi connectivity index (χ3n) is 1.47. The van der Waals surface area contributed by atoms with Crippen LogP contribution in [-0.2, 0) is 22.9 Å². The number of carbonyl (C=O) groups is 1. The number of phosphoric ester groups is 1. The van der Waals surface area contributed by atoms with Crippen LogP contribution in [0.1, 0.15) is 0 Å². The van der Waals surface area contributed by atoms with Crippen LogP contribution in [0.5, 0.6) is 0 Å². The number of likely N-dealkylation sites (N-methyl/N-ethyl adjacent to an activating group) is 1. The highest BCUT2D eigenvalue weighted by atomic mass is 31.2. The summed E-state index contributed by atoms with van der Waals surface area (Å²) in [6, 6.07) is -0.984. The number of hydrogen-bond donors (Lipinski definition) is 2. The highest BCUT2D eigenvalue weighted by Gasteiger charge is 2.28. The van der Waals surface area contributed by atoms with Gasteiger partial charge in [0.2, 0.25) is 0 Å². The third-order valence-corrected chi connectivity index (χ3v) is 2.79. The zero-order valence-electron chi connectivity index (χ0n) is 8.50. The minimum atomic E-state index is -3.73. The fraction of sp³-hybridized carbons (Fsp3) is 0.571. The van der Waals surface area contributed by atoms with E-state index in [0.717, 1.165) is 13.4 Å². The second-order valence-corrected chi connectivity index (χ2v) is 4.11. The maximum atomic E-state index is 11.5. The predicted octanol–water partition coefficient (Wildman–Crippen LogP) is 0.590. The molecular formula is C7H14NO6P. The zero-order chi connectivity index (χ0) is 11.9. The molecule has 0 radical (unpaired) electrons. The average Bonchev–Trinajstić information content (AvgIpc) is 2.18. The van der Waals surface area contributed by atoms with Gasteiger partial charge < -0.3 is 14.9 Å². The van der Waals surface area contributed by atoms with Gasteiger partial charge in [-0.3, -0.25) is 13.8 Å². The van der Waals surface area contributed by atoms with Gasteiger partial charge in [-0.05, 0) is 7.05 Å². The standard InChI is InChI=1S/C7H14NO6P/c1-4-13-15(11,12-3)14-5-6(8-2)7(9)10/h4,6,8H,1,5H2,2-3H3,(H,9,10). The molecule has 0 aromatic heterocycles. The van der Waals surface area contributed by atoms with Crippen molar-refractivity contribution >= 4 is 13.8 Å². The van der Waals surface area contributed by atoms with Crippen LogP contribution in [0, 0.1) is 0 Å². The molecule has 0 saturated heterocycles. The molecule has 0 aliphatic carbocycles. The molecule has 7 nitrogen and oxygen atoms in total. The van der Waals surface area contributed by atoms with Crippen molar-refractivity contribution in [2.24, 2.45) is 0 Å². The molecule has 88 valence electrons. The topological polar surface area (TPSA) is 94.1 Å². The van der Waals surface area contributed by atoms with E-state index < -0.39 is 19.8 Å². The lowest BCUT2D eigenvalue weighted by molar-refractivity contribution is -0.140. The van der Waals surface area contributed by atoms with Crippen molar-refractivity contribution in [2.75, 3.05) is 20.8 Å². The van der Waals surface area contributed by atoms with Gasteiger partial charge in [-0.15, -0.1) is 0 Å². The van der Waals surface area contributed by atoms with E-state index in [0.29, 0.717) is 0 Å². The average molecular weight is 239 g/mol. The number of carboxylic acids is 1. The monoisotopic (exact) mass is 239 g/mol. The van der Waals surface area contributed by atoms with Gasteiger partial charge in [0.1, 0.15) is 6.04 Å². The SMILES string of the molecule is C=COP(=O)(OC)OCC(NC)C(=O)O. The first-order valence-electron chi connectivity index (χ1n) is 3.98. The van der Waals surface area contributed by atoms with Crippen LogP contribution in [0.25, 0.3) is 0 Å². The molecule has 0 aromatic rings. The molecule has 0 aliphatic heterocycles. The molecule has 0 aromatic carbocycles. The van der Waals surface area contributed by atoms with Crippen LogP contribution in [0.3, 0.4) is 0 Å². The first kappa shape index (κ1) is 14.1. The Kier molecular flexibility index (Phi) is 6.19. The van der Waals surface area contributed by atoms with E-state index in [9.17, 15) is 9.36 Å². The van der Waals surface area contributed by atoms with Gasteiger partial charge in [0, 0.05) is 7.11 Å². The normalized spacial score (nSPS) is 16.4. The van der Waals surface area contributed by atoms with Crippen molar-refractivity contribution in [3.63, 3.8) is 0 Å². The number of hydrogen-bond acceptors (Lipinski definition) is 6. The fourth-order valence-corrected chi connectivity index (χ4v) is 1.43. The van der Waals surface area contributed by atoms with E-state index in [-0.39, 0.29) is 6.61 Å². The number of carboxylic acid groups (broad SMARTS) is 1. The number of nitrogens with one attached hydrogen (secondary N) is 1. The third kappa shape index (κ3) is 4.94. The van der Waals surface area contributed by atoms with E-state index in [1.54, 1.807) is 0 Å². The smallest absolute Gasteiger partial charge is 0.480 e. The van der Waals surface area contributed by atoms with Gasteiger partial charge in [-0.2, -0.15) is 0 Å². The first-order valence-corrected chi connectivity index (χ1v) is 5.45. The lowest BCUT2D eigenvalue weighted by Gasteiger charge is -2.16. The molecule has 0 spiro atoms. The largest absolute Gasteiger partial charge is 0.529 e. The Balaban J connectivity index is 4.26. The molecule has 0 amide bonds. The molecule has 2 N–H and O–H groups in total. The number of aliphatic carboxylic acids is 1. The summed E-state index contributed by atoms with van der Waals surface area (Å²) in [7, 11) is -1.17. The summed E-state index contributed by atoms with van der Waals surface area (Å²) in [5, 5.41) is 11.1. The summed E-state index contributed by atoms with van der Waals surface area (Å²) in [5.41, 5.74) is 0. The van der Waals surface area contributed by atoms with Gasteiger partial charge >= 0.3 is 13.8 Å². The molecule has 2 unspecified atom stereocenters. The van der Waals surface area contributed by atoms with Crippen LogP contribution in [0.2, 0.25) is 0 Å². The van der Waals surface area contributed by atoms with Gasteiger partial charge in [-0.25, -0.2) is 4.57 Å². The summed E-state index contributed by atoms with van der Waals surface area (Å²) in [6.45, 7) is 2.85. The molecule has 0 aliphatic rings. The molecular weight excluding hydrogens is 225 g/mol. The highest BCUT2D eigenvalue weighted by molar-refractivity contribution is 7.48. The van der Waals surface area contributed by atoms with Crippen molar-refractivity contribution in [1.82, 2.24) is 5.32 Å². The Hall–Kier alpha value is -0.880. The maximum Gasteiger partial charge on any atom is 0.529 e. The van der Waals surface area contributed by atoms with E-state index in [1.807, 2.05) is 0 Å². The lowest BCUT2D eigenvalue weighted by Crippen LogP contribution is -2.37. The molecule has 0 rings (SSSR count). The van der Waals surface area contributed by atoms with E-state index in [4.69, 9.17) is 9.63 Å². The molecule has 0 heterocycles. The van der Waals surface area contributed by atoms with Gasteiger partial charge in [0.25, 0.3) is 0 Å². The maximum absolute atomic E-state index is 11.5. The second kappa shape index (κ2) is 6.58. The van der Waals surface area contributed by atoms with Crippen molar-refractivity contribution < 1.29 is 28.0 Å². The van der Waals surface area contributed by atoms with Gasteiger partial charge in [0.05, 0.1) is 12.9 Å². The molecule has 15 heavy (non-hydrogen) atoms. The zero-order valence-corrected chi connectivity index (χ0v) is 9.40. The van der Waals surface area contributed by atoms with Crippen LogP contribution in [-0.4, -0.2) is 37.9 Å². The minimum Gasteiger partial charge on any atom is -0.480 e. The van der Waals surface area contributed by atoms with Crippen molar-refractivity contribution in [3.05, 3.63) is 12.8 Å². The summed E-state index contributed by atoms with van der Waals surface area (Å²) >= 11 is 0. The Bertz CT molecular complexity index is 268. The van der Waals surface area contributed by atoms with Crippen LogP contribution in [0.15, 0.2) is 12.8 Å². The predicted molar refractivity (Wildman–Crippen MR) is 52.3 cm³/mol. The Morgan fingerprint density at radius 1 is 1.73 bits per heavy atom. The Morgan fingerprint density at radius 3 is 2.67 bits per heavy atom. The quantitative estimate of drug-likeness (QED) is 0.472. The van der Waals surface area contributed by atoms with Crippen molar-refractivity contribution in [3.8, 4) is 0 Å². The Labute approximate surface area is 87.6 Å². The van der Waals surface area contributed by atoms with Crippen molar-refractivity contribution in [1.29, 1.82) is 0 Å². The van der Waals surface area contributed by atoms with Crippen LogP contribution in [0.4, 0.5) is 0 Å². The number of rotatable bonds is 8. The first-order chi connectivity index (χ1) is 6.99. The van der Waals surface area contributed by atoms with Crippen LogP contribution < -0.4 is 5.32 Å². The molecule has 0 saturated carbocycles. The van der Waals surface area contributed by atoms with Crippen LogP contribution >= 0.6 is 7.82 Å². The summed E-state index contributed by atoms with van der Waals surface area (Å²) in [5.74, 6) is -1.13. The highest BCUT2D eigenvalue weighted by Crippen LogP contribution is 2.48. The van der Waals surface area contributed by atoms with Gasteiger partial charge in [0.15, 0.2) is 0 Å². The summed E-state index contributed by atoms with van der Waals surface area (Å²) < 4.78 is 25.2. The molecule has 0 fully saturated rings. The minimum absolute atomic E-state index is 0.342. The molecule has 8 heteroatoms. The molecule has 0 bridgehead atoms. The summed E-state index contributed by atoms with van der Waals surface area (Å²) in [4.78, 5) is 10.6. The lowest BCUT2D eigenvalue weighted by atomic mass is 10.3.